The number of ether oxygens (including phenoxy) is 1. The summed E-state index contributed by atoms with van der Waals surface area (Å²) in [5.41, 5.74) is 10.6. The summed E-state index contributed by atoms with van der Waals surface area (Å²) >= 11 is 6.83. The predicted octanol–water partition coefficient (Wildman–Crippen LogP) is 5.18. The Balaban J connectivity index is 1.49. The average Bonchev–Trinajstić information content (AvgIpc) is 3.45. The molecule has 4 aromatic rings. The number of pyridine rings is 2. The van der Waals surface area contributed by atoms with Crippen LogP contribution in [0.4, 0.5) is 11.4 Å². The van der Waals surface area contributed by atoms with E-state index in [1.165, 1.54) is 0 Å². The van der Waals surface area contributed by atoms with Gasteiger partial charge >= 0.3 is 0 Å². The summed E-state index contributed by atoms with van der Waals surface area (Å²) in [6.07, 6.45) is 5.38. The first-order chi connectivity index (χ1) is 20.5. The minimum absolute atomic E-state index is 0.0138. The molecule has 0 saturated carbocycles. The molecule has 0 bridgehead atoms. The van der Waals surface area contributed by atoms with Gasteiger partial charge in [-0.2, -0.15) is 5.26 Å². The third kappa shape index (κ3) is 5.36. The van der Waals surface area contributed by atoms with Crippen molar-refractivity contribution in [3.63, 3.8) is 0 Å². The summed E-state index contributed by atoms with van der Waals surface area (Å²) in [4.78, 5) is 17.6. The maximum atomic E-state index is 13.1. The minimum atomic E-state index is -0.399. The summed E-state index contributed by atoms with van der Waals surface area (Å²) in [6.45, 7) is 10.4. The van der Waals surface area contributed by atoms with E-state index in [2.05, 4.69) is 60.3 Å². The number of benzene rings is 2. The Morgan fingerprint density at radius 2 is 2.00 bits per heavy atom. The topological polar surface area (TPSA) is 119 Å². The Labute approximate surface area is 255 Å². The lowest BCUT2D eigenvalue weighted by atomic mass is 9.96. The van der Waals surface area contributed by atoms with Gasteiger partial charge in [-0.25, -0.2) is 0 Å². The van der Waals surface area contributed by atoms with E-state index in [4.69, 9.17) is 16.3 Å². The Morgan fingerprint density at radius 3 is 2.70 bits per heavy atom. The number of nitrogens with one attached hydrogen (secondary N) is 4. The predicted molar refractivity (Wildman–Crippen MR) is 170 cm³/mol. The molecule has 2 aromatic heterocycles. The van der Waals surface area contributed by atoms with E-state index in [9.17, 15) is 10.1 Å². The molecule has 2 aliphatic heterocycles. The van der Waals surface area contributed by atoms with Crippen LogP contribution < -0.4 is 27.2 Å². The van der Waals surface area contributed by atoms with E-state index in [0.717, 1.165) is 27.7 Å². The number of aryl methyl sites for hydroxylation is 1. The van der Waals surface area contributed by atoms with Crippen LogP contribution in [0.2, 0.25) is 5.02 Å². The number of hydrazine groups is 2. The lowest BCUT2D eigenvalue weighted by Crippen LogP contribution is -2.62. The number of hydrogen-bond donors (Lipinski definition) is 4. The van der Waals surface area contributed by atoms with Crippen molar-refractivity contribution in [1.82, 2.24) is 25.5 Å². The molecular weight excluding hydrogens is 564 g/mol. The molecule has 0 unspecified atom stereocenters. The fourth-order valence-electron chi connectivity index (χ4n) is 5.42. The van der Waals surface area contributed by atoms with Crippen LogP contribution in [-0.2, 0) is 11.8 Å². The maximum absolute atomic E-state index is 13.1. The number of anilines is 2. The minimum Gasteiger partial charge on any atom is -0.383 e. The van der Waals surface area contributed by atoms with Crippen molar-refractivity contribution in [2.24, 2.45) is 12.5 Å². The molecule has 4 heterocycles. The first-order valence-corrected chi connectivity index (χ1v) is 14.6. The van der Waals surface area contributed by atoms with Crippen molar-refractivity contribution in [3.05, 3.63) is 87.2 Å². The molecule has 222 valence electrons. The van der Waals surface area contributed by atoms with Crippen LogP contribution in [-0.4, -0.2) is 39.9 Å². The Kier molecular flexibility index (Phi) is 7.21. The molecule has 0 radical (unpaired) electrons. The van der Waals surface area contributed by atoms with Gasteiger partial charge in [0.05, 0.1) is 46.7 Å². The SMILES string of the molecule is Cn1ccc2c([C@H](Nc3cc(Cl)c4ncc(C#N)c(NCC(C)(C)C)c4c3)C3=CN(C4(C)COC4)NN3)cccc2c1=O. The number of nitrogens with zero attached hydrogens (tertiary/aromatic N) is 4. The van der Waals surface area contributed by atoms with E-state index in [0.29, 0.717) is 46.9 Å². The van der Waals surface area contributed by atoms with Crippen molar-refractivity contribution in [2.45, 2.75) is 39.3 Å². The molecule has 6 rings (SSSR count). The molecule has 0 amide bonds. The van der Waals surface area contributed by atoms with Crippen LogP contribution in [0.3, 0.4) is 0 Å². The van der Waals surface area contributed by atoms with Gasteiger partial charge in [0.2, 0.25) is 0 Å². The van der Waals surface area contributed by atoms with Gasteiger partial charge in [0.25, 0.3) is 5.56 Å². The molecular formula is C32H35ClN8O2. The normalized spacial score (nSPS) is 16.8. The fourth-order valence-corrected chi connectivity index (χ4v) is 5.68. The summed E-state index contributed by atoms with van der Waals surface area (Å²) in [6, 6.07) is 13.4. The second kappa shape index (κ2) is 10.8. The van der Waals surface area contributed by atoms with Crippen molar-refractivity contribution < 1.29 is 4.74 Å². The van der Waals surface area contributed by atoms with E-state index in [-0.39, 0.29) is 16.5 Å². The second-order valence-corrected chi connectivity index (χ2v) is 13.1. The fraction of sp³-hybridized carbons (Fsp3) is 0.344. The quantitative estimate of drug-likeness (QED) is 0.228. The van der Waals surface area contributed by atoms with E-state index >= 15 is 0 Å². The Bertz CT molecular complexity index is 1870. The standard InChI is InChI=1S/C32H35ClN8O2/c1-31(2,3)16-36-27-19(13-34)14-35-28-24(27)11-20(12-25(28)33)37-29(26-15-41(39-38-26)32(4)17-43-18-32)22-7-6-8-23-21(22)9-10-40(5)30(23)42/h6-12,14-15,29,37-39H,16-18H2,1-5H3,(H,35,36)/t29-/m0/s1. The first kappa shape index (κ1) is 28.8. The van der Waals surface area contributed by atoms with Gasteiger partial charge in [0.15, 0.2) is 0 Å². The maximum Gasteiger partial charge on any atom is 0.258 e. The summed E-state index contributed by atoms with van der Waals surface area (Å²) in [7, 11) is 1.75. The smallest absolute Gasteiger partial charge is 0.258 e. The zero-order valence-corrected chi connectivity index (χ0v) is 25.6. The molecule has 4 N–H and O–H groups in total. The van der Waals surface area contributed by atoms with Crippen molar-refractivity contribution >= 4 is 44.7 Å². The van der Waals surface area contributed by atoms with Crippen LogP contribution in [0.25, 0.3) is 21.7 Å². The van der Waals surface area contributed by atoms with Crippen LogP contribution in [0, 0.1) is 16.7 Å². The van der Waals surface area contributed by atoms with E-state index < -0.39 is 6.04 Å². The van der Waals surface area contributed by atoms with Crippen molar-refractivity contribution in [3.8, 4) is 6.07 Å². The summed E-state index contributed by atoms with van der Waals surface area (Å²) in [5.74, 6) is 0. The lowest BCUT2D eigenvalue weighted by Gasteiger charge is -2.44. The summed E-state index contributed by atoms with van der Waals surface area (Å²) < 4.78 is 7.07. The third-order valence-corrected chi connectivity index (χ3v) is 8.21. The zero-order chi connectivity index (χ0) is 30.5. The molecule has 0 aliphatic carbocycles. The molecule has 43 heavy (non-hydrogen) atoms. The van der Waals surface area contributed by atoms with E-state index in [1.807, 2.05) is 47.6 Å². The molecule has 11 heteroatoms. The number of halogens is 1. The number of rotatable bonds is 7. The molecule has 1 atom stereocenters. The van der Waals surface area contributed by atoms with Gasteiger partial charge in [0, 0.05) is 48.6 Å². The third-order valence-electron chi connectivity index (χ3n) is 7.93. The lowest BCUT2D eigenvalue weighted by molar-refractivity contribution is -0.129. The highest BCUT2D eigenvalue weighted by Gasteiger charge is 2.41. The monoisotopic (exact) mass is 598 g/mol. The van der Waals surface area contributed by atoms with Gasteiger partial charge < -0.3 is 25.4 Å². The summed E-state index contributed by atoms with van der Waals surface area (Å²) in [5, 5.41) is 21.8. The van der Waals surface area contributed by atoms with Crippen molar-refractivity contribution in [1.29, 1.82) is 5.26 Å². The second-order valence-electron chi connectivity index (χ2n) is 12.7. The average molecular weight is 599 g/mol. The van der Waals surface area contributed by atoms with Crippen LogP contribution in [0.1, 0.15) is 44.9 Å². The van der Waals surface area contributed by atoms with Crippen LogP contribution in [0.5, 0.6) is 0 Å². The largest absolute Gasteiger partial charge is 0.383 e. The molecule has 1 fully saturated rings. The Morgan fingerprint density at radius 1 is 1.21 bits per heavy atom. The molecule has 10 nitrogen and oxygen atoms in total. The highest BCUT2D eigenvalue weighted by atomic mass is 35.5. The number of fused-ring (bicyclic) bond motifs is 2. The highest BCUT2D eigenvalue weighted by molar-refractivity contribution is 6.35. The molecule has 2 aliphatic rings. The van der Waals surface area contributed by atoms with Gasteiger partial charge in [-0.3, -0.25) is 14.8 Å². The highest BCUT2D eigenvalue weighted by Crippen LogP contribution is 2.38. The van der Waals surface area contributed by atoms with Crippen LogP contribution >= 0.6 is 11.6 Å². The van der Waals surface area contributed by atoms with Gasteiger partial charge in [-0.05, 0) is 47.6 Å². The van der Waals surface area contributed by atoms with E-state index in [1.54, 1.807) is 24.0 Å². The van der Waals surface area contributed by atoms with Crippen molar-refractivity contribution in [2.75, 3.05) is 30.4 Å². The van der Waals surface area contributed by atoms with Crippen LogP contribution in [0.15, 0.2) is 65.5 Å². The van der Waals surface area contributed by atoms with Gasteiger partial charge in [0.1, 0.15) is 11.6 Å². The zero-order valence-electron chi connectivity index (χ0n) is 24.9. The molecule has 2 aromatic carbocycles. The number of aromatic nitrogens is 2. The Hall–Kier alpha value is -4.30. The first-order valence-electron chi connectivity index (χ1n) is 14.2. The number of hydrogen-bond acceptors (Lipinski definition) is 9. The van der Waals surface area contributed by atoms with Gasteiger partial charge in [-0.15, -0.1) is 5.53 Å². The molecule has 0 spiro atoms. The molecule has 1 saturated heterocycles. The number of nitriles is 1. The van der Waals surface area contributed by atoms with Gasteiger partial charge in [-0.1, -0.05) is 44.5 Å².